The molecule has 1 aromatic heterocycles. The molecule has 1 saturated heterocycles. The van der Waals surface area contributed by atoms with Crippen molar-refractivity contribution in [3.63, 3.8) is 0 Å². The molecule has 0 aliphatic carbocycles. The van der Waals surface area contributed by atoms with Gasteiger partial charge in [-0.05, 0) is 70.7 Å². The third-order valence-corrected chi connectivity index (χ3v) is 5.89. The Labute approximate surface area is 212 Å². The van der Waals surface area contributed by atoms with Crippen molar-refractivity contribution in [1.29, 1.82) is 0 Å². The highest BCUT2D eigenvalue weighted by Gasteiger charge is 2.21. The number of piperidine rings is 1. The zero-order chi connectivity index (χ0) is 22.2. The van der Waals surface area contributed by atoms with Gasteiger partial charge in [-0.1, -0.05) is 0 Å². The summed E-state index contributed by atoms with van der Waals surface area (Å²) in [6.07, 6.45) is 8.66. The highest BCUT2D eigenvalue weighted by atomic mass is 127. The Kier molecular flexibility index (Phi) is 16.9. The van der Waals surface area contributed by atoms with Crippen LogP contribution < -0.4 is 5.32 Å². The fourth-order valence-electron chi connectivity index (χ4n) is 3.96. The Morgan fingerprint density at radius 2 is 2.06 bits per heavy atom. The van der Waals surface area contributed by atoms with Gasteiger partial charge in [0.1, 0.15) is 5.76 Å². The van der Waals surface area contributed by atoms with Crippen LogP contribution in [0.3, 0.4) is 0 Å². The maximum Gasteiger partial charge on any atom is 0.193 e. The number of hydrogen-bond acceptors (Lipinski definition) is 5. The summed E-state index contributed by atoms with van der Waals surface area (Å²) in [5.41, 5.74) is 0. The second kappa shape index (κ2) is 18.6. The van der Waals surface area contributed by atoms with Crippen LogP contribution in [-0.2, 0) is 15.9 Å². The molecular formula is C24H45IN4O3. The van der Waals surface area contributed by atoms with E-state index in [1.54, 1.807) is 13.4 Å². The zero-order valence-electron chi connectivity index (χ0n) is 20.4. The molecule has 1 aromatic rings. The van der Waals surface area contributed by atoms with Crippen molar-refractivity contribution in [2.75, 3.05) is 73.2 Å². The van der Waals surface area contributed by atoms with Gasteiger partial charge in [-0.25, -0.2) is 0 Å². The number of likely N-dealkylation sites (tertiary alicyclic amines) is 1. The normalized spacial score (nSPS) is 15.2. The smallest absolute Gasteiger partial charge is 0.193 e. The van der Waals surface area contributed by atoms with Crippen LogP contribution in [0.25, 0.3) is 0 Å². The van der Waals surface area contributed by atoms with Gasteiger partial charge in [0, 0.05) is 59.5 Å². The molecule has 1 N–H and O–H groups in total. The molecule has 2 heterocycles. The van der Waals surface area contributed by atoms with Gasteiger partial charge in [0.15, 0.2) is 5.96 Å². The fourth-order valence-corrected chi connectivity index (χ4v) is 3.96. The molecule has 8 heteroatoms. The van der Waals surface area contributed by atoms with Gasteiger partial charge in [-0.2, -0.15) is 0 Å². The summed E-state index contributed by atoms with van der Waals surface area (Å²) >= 11 is 0. The molecule has 2 rings (SSSR count). The molecule has 0 spiro atoms. The summed E-state index contributed by atoms with van der Waals surface area (Å²) in [7, 11) is 3.95. The highest BCUT2D eigenvalue weighted by molar-refractivity contribution is 14.0. The summed E-state index contributed by atoms with van der Waals surface area (Å²) in [5.74, 6) is 2.88. The summed E-state index contributed by atoms with van der Waals surface area (Å²) in [6.45, 7) is 10.4. The predicted octanol–water partition coefficient (Wildman–Crippen LogP) is 3.88. The van der Waals surface area contributed by atoms with Crippen LogP contribution in [0, 0.1) is 5.92 Å². The van der Waals surface area contributed by atoms with Crippen LogP contribution in [0.15, 0.2) is 27.8 Å². The van der Waals surface area contributed by atoms with Gasteiger partial charge < -0.3 is 29.0 Å². The lowest BCUT2D eigenvalue weighted by Gasteiger charge is -2.34. The third-order valence-electron chi connectivity index (χ3n) is 5.89. The molecule has 0 aromatic carbocycles. The van der Waals surface area contributed by atoms with E-state index in [1.807, 2.05) is 19.1 Å². The minimum absolute atomic E-state index is 0. The number of ether oxygens (including phenoxy) is 2. The molecule has 0 saturated carbocycles. The molecule has 1 fully saturated rings. The van der Waals surface area contributed by atoms with Gasteiger partial charge in [-0.3, -0.25) is 4.99 Å². The number of nitrogens with zero attached hydrogens (tertiary/aromatic N) is 3. The van der Waals surface area contributed by atoms with Gasteiger partial charge in [0.25, 0.3) is 0 Å². The maximum atomic E-state index is 5.46. The second-order valence-electron chi connectivity index (χ2n) is 8.38. The monoisotopic (exact) mass is 564 g/mol. The van der Waals surface area contributed by atoms with Crippen molar-refractivity contribution in [2.45, 2.75) is 45.4 Å². The molecule has 7 nitrogen and oxygen atoms in total. The van der Waals surface area contributed by atoms with Gasteiger partial charge in [0.05, 0.1) is 12.9 Å². The number of methoxy groups -OCH3 is 1. The molecule has 1 aliphatic rings. The van der Waals surface area contributed by atoms with Gasteiger partial charge in [-0.15, -0.1) is 24.0 Å². The van der Waals surface area contributed by atoms with Crippen molar-refractivity contribution in [1.82, 2.24) is 15.1 Å². The summed E-state index contributed by atoms with van der Waals surface area (Å²) < 4.78 is 16.1. The quantitative estimate of drug-likeness (QED) is 0.151. The molecular weight excluding hydrogens is 519 g/mol. The number of furan rings is 1. The Morgan fingerprint density at radius 1 is 1.25 bits per heavy atom. The van der Waals surface area contributed by atoms with Crippen molar-refractivity contribution in [3.8, 4) is 0 Å². The highest BCUT2D eigenvalue weighted by Crippen LogP contribution is 2.22. The number of guanidine groups is 1. The van der Waals surface area contributed by atoms with E-state index in [4.69, 9.17) is 18.9 Å². The average Bonchev–Trinajstić information content (AvgIpc) is 3.30. The van der Waals surface area contributed by atoms with E-state index in [0.29, 0.717) is 0 Å². The largest absolute Gasteiger partial charge is 0.469 e. The molecule has 0 bridgehead atoms. The van der Waals surface area contributed by atoms with E-state index in [9.17, 15) is 0 Å². The lowest BCUT2D eigenvalue weighted by molar-refractivity contribution is 0.146. The minimum atomic E-state index is 0. The van der Waals surface area contributed by atoms with Crippen molar-refractivity contribution in [3.05, 3.63) is 24.2 Å². The zero-order valence-corrected chi connectivity index (χ0v) is 22.7. The van der Waals surface area contributed by atoms with Crippen molar-refractivity contribution < 1.29 is 13.9 Å². The van der Waals surface area contributed by atoms with Crippen LogP contribution in [-0.4, -0.2) is 89.0 Å². The summed E-state index contributed by atoms with van der Waals surface area (Å²) in [4.78, 5) is 9.68. The predicted molar refractivity (Wildman–Crippen MR) is 142 cm³/mol. The van der Waals surface area contributed by atoms with Crippen molar-refractivity contribution >= 4 is 29.9 Å². The maximum absolute atomic E-state index is 5.46. The Morgan fingerprint density at radius 3 is 2.75 bits per heavy atom. The van der Waals surface area contributed by atoms with Crippen LogP contribution in [0.4, 0.5) is 0 Å². The first-order valence-corrected chi connectivity index (χ1v) is 12.0. The van der Waals surface area contributed by atoms with E-state index >= 15 is 0 Å². The molecule has 1 aliphatic heterocycles. The Balaban J connectivity index is 0.00000512. The van der Waals surface area contributed by atoms with Crippen LogP contribution in [0.1, 0.15) is 44.8 Å². The summed E-state index contributed by atoms with van der Waals surface area (Å²) in [6, 6.07) is 3.97. The second-order valence-corrected chi connectivity index (χ2v) is 8.38. The molecule has 0 unspecified atom stereocenters. The first-order chi connectivity index (χ1) is 15.2. The number of halogens is 1. The third kappa shape index (κ3) is 12.4. The van der Waals surface area contributed by atoms with E-state index in [-0.39, 0.29) is 24.0 Å². The van der Waals surface area contributed by atoms with Gasteiger partial charge in [0.2, 0.25) is 0 Å². The lowest BCUT2D eigenvalue weighted by Crippen LogP contribution is -2.46. The fraction of sp³-hybridized carbons (Fsp3) is 0.792. The number of aliphatic imine (C=N–C) groups is 1. The number of rotatable bonds is 15. The minimum Gasteiger partial charge on any atom is -0.469 e. The van der Waals surface area contributed by atoms with E-state index in [0.717, 1.165) is 89.6 Å². The first-order valence-electron chi connectivity index (χ1n) is 12.0. The number of nitrogens with one attached hydrogen (secondary N) is 1. The van der Waals surface area contributed by atoms with E-state index in [1.165, 1.54) is 25.7 Å². The topological polar surface area (TPSA) is 62.5 Å². The van der Waals surface area contributed by atoms with Crippen LogP contribution >= 0.6 is 24.0 Å². The molecule has 0 radical (unpaired) electrons. The number of hydrogen-bond donors (Lipinski definition) is 1. The SMILES string of the molecule is CCOCCCN=C(NCCc1ccco1)N1CCC(CCCN(C)CCOC)CC1.I. The van der Waals surface area contributed by atoms with E-state index in [2.05, 4.69) is 22.2 Å². The average molecular weight is 565 g/mol. The Bertz CT molecular complexity index is 578. The molecule has 0 atom stereocenters. The van der Waals surface area contributed by atoms with Crippen LogP contribution in [0.5, 0.6) is 0 Å². The van der Waals surface area contributed by atoms with E-state index < -0.39 is 0 Å². The Hall–Kier alpha value is -0.840. The number of likely N-dealkylation sites (N-methyl/N-ethyl adjacent to an activating group) is 1. The molecule has 32 heavy (non-hydrogen) atoms. The van der Waals surface area contributed by atoms with Crippen molar-refractivity contribution in [2.24, 2.45) is 10.9 Å². The van der Waals surface area contributed by atoms with Crippen LogP contribution in [0.2, 0.25) is 0 Å². The summed E-state index contributed by atoms with van der Waals surface area (Å²) in [5, 5.41) is 3.57. The van der Waals surface area contributed by atoms with Gasteiger partial charge >= 0.3 is 0 Å². The standard InChI is InChI=1S/C24H44N4O3.HI/c1-4-30-19-7-13-25-24(26-14-10-23-9-6-20-31-23)28-16-11-22(12-17-28)8-5-15-27(2)18-21-29-3;/h6,9,20,22H,4-5,7-8,10-19,21H2,1-3H3,(H,25,26);1H. The lowest BCUT2D eigenvalue weighted by atomic mass is 9.92. The first kappa shape index (κ1) is 29.2. The molecule has 186 valence electrons. The molecule has 0 amide bonds.